The third kappa shape index (κ3) is 3.86. The number of carbonyl (C=O) groups is 1. The first-order chi connectivity index (χ1) is 11.0. The average Bonchev–Trinajstić information content (AvgIpc) is 2.95. The minimum Gasteiger partial charge on any atom is -0.336 e. The largest absolute Gasteiger partial charge is 0.336 e. The van der Waals surface area contributed by atoms with Crippen molar-refractivity contribution in [3.63, 3.8) is 0 Å². The maximum atomic E-state index is 12.6. The predicted molar refractivity (Wildman–Crippen MR) is 94.5 cm³/mol. The van der Waals surface area contributed by atoms with Crippen molar-refractivity contribution < 1.29 is 4.79 Å². The van der Waals surface area contributed by atoms with Gasteiger partial charge in [-0.05, 0) is 19.1 Å². The second-order valence-electron chi connectivity index (χ2n) is 5.53. The van der Waals surface area contributed by atoms with Crippen LogP contribution in [0.2, 0.25) is 10.0 Å². The van der Waals surface area contributed by atoms with Gasteiger partial charge in [0, 0.05) is 38.1 Å². The van der Waals surface area contributed by atoms with Gasteiger partial charge < -0.3 is 4.90 Å². The minimum atomic E-state index is -0.0540. The van der Waals surface area contributed by atoms with Crippen molar-refractivity contribution in [3.05, 3.63) is 49.9 Å². The van der Waals surface area contributed by atoms with E-state index in [1.165, 1.54) is 0 Å². The van der Waals surface area contributed by atoms with E-state index >= 15 is 0 Å². The van der Waals surface area contributed by atoms with E-state index in [9.17, 15) is 4.79 Å². The molecule has 4 nitrogen and oxygen atoms in total. The molecule has 23 heavy (non-hydrogen) atoms. The molecule has 1 aromatic carbocycles. The van der Waals surface area contributed by atoms with Crippen LogP contribution in [-0.2, 0) is 6.54 Å². The van der Waals surface area contributed by atoms with Gasteiger partial charge in [-0.1, -0.05) is 29.3 Å². The monoisotopic (exact) mass is 369 g/mol. The minimum absolute atomic E-state index is 0.0540. The Balaban J connectivity index is 1.60. The molecule has 1 aromatic heterocycles. The summed E-state index contributed by atoms with van der Waals surface area (Å²) in [5.41, 5.74) is 1.58. The van der Waals surface area contributed by atoms with Gasteiger partial charge in [-0.25, -0.2) is 4.98 Å². The van der Waals surface area contributed by atoms with E-state index in [2.05, 4.69) is 15.3 Å². The fourth-order valence-corrected chi connectivity index (χ4v) is 3.64. The molecule has 0 bridgehead atoms. The Kier molecular flexibility index (Phi) is 5.21. The smallest absolute Gasteiger partial charge is 0.255 e. The van der Waals surface area contributed by atoms with Gasteiger partial charge in [-0.3, -0.25) is 9.69 Å². The van der Waals surface area contributed by atoms with Gasteiger partial charge in [-0.2, -0.15) is 0 Å². The zero-order chi connectivity index (χ0) is 16.4. The van der Waals surface area contributed by atoms with E-state index in [1.54, 1.807) is 29.5 Å². The lowest BCUT2D eigenvalue weighted by Crippen LogP contribution is -2.48. The molecule has 2 aromatic rings. The standard InChI is InChI=1S/C16H17Cl2N3OS/c1-11-19-12(10-23-11)9-20-5-7-21(8-6-20)16(22)13-3-2-4-14(17)15(13)18/h2-4,10H,5-9H2,1H3. The number of hydrogen-bond donors (Lipinski definition) is 0. The zero-order valence-electron chi connectivity index (χ0n) is 12.8. The molecule has 0 aliphatic carbocycles. The van der Waals surface area contributed by atoms with Crippen molar-refractivity contribution in [2.24, 2.45) is 0 Å². The zero-order valence-corrected chi connectivity index (χ0v) is 15.1. The first-order valence-corrected chi connectivity index (χ1v) is 9.05. The van der Waals surface area contributed by atoms with Gasteiger partial charge in [0.25, 0.3) is 5.91 Å². The maximum absolute atomic E-state index is 12.6. The van der Waals surface area contributed by atoms with Crippen molar-refractivity contribution in [2.75, 3.05) is 26.2 Å². The van der Waals surface area contributed by atoms with Gasteiger partial charge in [0.05, 0.1) is 26.3 Å². The van der Waals surface area contributed by atoms with Crippen LogP contribution < -0.4 is 0 Å². The quantitative estimate of drug-likeness (QED) is 0.826. The molecule has 0 spiro atoms. The summed E-state index contributed by atoms with van der Waals surface area (Å²) >= 11 is 13.8. The molecule has 0 unspecified atom stereocenters. The lowest BCUT2D eigenvalue weighted by Gasteiger charge is -2.34. The summed E-state index contributed by atoms with van der Waals surface area (Å²) in [5, 5.41) is 3.93. The van der Waals surface area contributed by atoms with Gasteiger partial charge in [-0.15, -0.1) is 11.3 Å². The number of rotatable bonds is 3. The highest BCUT2D eigenvalue weighted by Crippen LogP contribution is 2.26. The lowest BCUT2D eigenvalue weighted by atomic mass is 10.1. The van der Waals surface area contributed by atoms with E-state index in [-0.39, 0.29) is 5.91 Å². The van der Waals surface area contributed by atoms with Crippen LogP contribution >= 0.6 is 34.5 Å². The molecule has 1 saturated heterocycles. The molecule has 2 heterocycles. The Hall–Kier alpha value is -1.14. The fourth-order valence-electron chi connectivity index (χ4n) is 2.66. The molecule has 3 rings (SSSR count). The molecule has 1 aliphatic heterocycles. The predicted octanol–water partition coefficient (Wildman–Crippen LogP) is 3.72. The van der Waals surface area contributed by atoms with Crippen molar-refractivity contribution in [2.45, 2.75) is 13.5 Å². The van der Waals surface area contributed by atoms with Crippen molar-refractivity contribution in [1.82, 2.24) is 14.8 Å². The highest BCUT2D eigenvalue weighted by atomic mass is 35.5. The average molecular weight is 370 g/mol. The highest BCUT2D eigenvalue weighted by Gasteiger charge is 2.24. The number of nitrogens with zero attached hydrogens (tertiary/aromatic N) is 3. The highest BCUT2D eigenvalue weighted by molar-refractivity contribution is 7.09. The summed E-state index contributed by atoms with van der Waals surface area (Å²) < 4.78 is 0. The van der Waals surface area contributed by atoms with Crippen molar-refractivity contribution >= 4 is 40.4 Å². The summed E-state index contributed by atoms with van der Waals surface area (Å²) in [7, 11) is 0. The van der Waals surface area contributed by atoms with Gasteiger partial charge in [0.15, 0.2) is 0 Å². The fraction of sp³-hybridized carbons (Fsp3) is 0.375. The van der Waals surface area contributed by atoms with Crippen LogP contribution in [0, 0.1) is 6.92 Å². The van der Waals surface area contributed by atoms with Crippen LogP contribution in [0.15, 0.2) is 23.6 Å². The third-order valence-electron chi connectivity index (χ3n) is 3.89. The number of aromatic nitrogens is 1. The number of benzene rings is 1. The Morgan fingerprint density at radius 3 is 2.65 bits per heavy atom. The molecule has 0 saturated carbocycles. The van der Waals surface area contributed by atoms with Crippen LogP contribution in [0.25, 0.3) is 0 Å². The SMILES string of the molecule is Cc1nc(CN2CCN(C(=O)c3cccc(Cl)c3Cl)CC2)cs1. The molecule has 122 valence electrons. The first-order valence-electron chi connectivity index (χ1n) is 7.41. The number of thiazole rings is 1. The maximum Gasteiger partial charge on any atom is 0.255 e. The molecule has 1 fully saturated rings. The summed E-state index contributed by atoms with van der Waals surface area (Å²) in [6.45, 7) is 5.89. The van der Waals surface area contributed by atoms with E-state index in [1.807, 2.05) is 11.8 Å². The number of halogens is 2. The van der Waals surface area contributed by atoms with E-state index in [0.717, 1.165) is 30.3 Å². The number of aryl methyl sites for hydroxylation is 1. The molecule has 0 atom stereocenters. The van der Waals surface area contributed by atoms with Crippen LogP contribution in [0.4, 0.5) is 0 Å². The van der Waals surface area contributed by atoms with Crippen LogP contribution in [0.5, 0.6) is 0 Å². The molecule has 1 aliphatic rings. The van der Waals surface area contributed by atoms with Gasteiger partial charge in [0.2, 0.25) is 0 Å². The third-order valence-corrected chi connectivity index (χ3v) is 5.53. The van der Waals surface area contributed by atoms with Crippen molar-refractivity contribution in [3.8, 4) is 0 Å². The molecule has 0 radical (unpaired) electrons. The van der Waals surface area contributed by atoms with Crippen LogP contribution in [0.1, 0.15) is 21.1 Å². The summed E-state index contributed by atoms with van der Waals surface area (Å²) in [6, 6.07) is 5.16. The molecular formula is C16H17Cl2N3OS. The first kappa shape index (κ1) is 16.7. The summed E-state index contributed by atoms with van der Waals surface area (Å²) in [6.07, 6.45) is 0. The summed E-state index contributed by atoms with van der Waals surface area (Å²) in [4.78, 5) is 21.2. The topological polar surface area (TPSA) is 36.4 Å². The molecule has 1 amide bonds. The molecule has 0 N–H and O–H groups in total. The summed E-state index contributed by atoms with van der Waals surface area (Å²) in [5.74, 6) is -0.0540. The van der Waals surface area contributed by atoms with Crippen LogP contribution in [-0.4, -0.2) is 46.9 Å². The number of piperazine rings is 1. The number of amides is 1. The Bertz CT molecular complexity index is 711. The molecular weight excluding hydrogens is 353 g/mol. The Labute approximate surface area is 149 Å². The Morgan fingerprint density at radius 1 is 1.26 bits per heavy atom. The second-order valence-corrected chi connectivity index (χ2v) is 7.37. The van der Waals surface area contributed by atoms with Crippen molar-refractivity contribution in [1.29, 1.82) is 0 Å². The second kappa shape index (κ2) is 7.18. The number of hydrogen-bond acceptors (Lipinski definition) is 4. The van der Waals surface area contributed by atoms with E-state index < -0.39 is 0 Å². The molecule has 7 heteroatoms. The van der Waals surface area contributed by atoms with Crippen LogP contribution in [0.3, 0.4) is 0 Å². The van der Waals surface area contributed by atoms with E-state index in [4.69, 9.17) is 23.2 Å². The van der Waals surface area contributed by atoms with E-state index in [0.29, 0.717) is 28.7 Å². The van der Waals surface area contributed by atoms with Gasteiger partial charge >= 0.3 is 0 Å². The van der Waals surface area contributed by atoms with Gasteiger partial charge in [0.1, 0.15) is 0 Å². The lowest BCUT2D eigenvalue weighted by molar-refractivity contribution is 0.0627. The number of carbonyl (C=O) groups excluding carboxylic acids is 1. The normalized spacial score (nSPS) is 15.9. The Morgan fingerprint density at radius 2 is 2.00 bits per heavy atom.